The van der Waals surface area contributed by atoms with Gasteiger partial charge in [0.1, 0.15) is 18.1 Å². The third-order valence-corrected chi connectivity index (χ3v) is 7.82. The van der Waals surface area contributed by atoms with Crippen molar-refractivity contribution in [2.45, 2.75) is 45.6 Å². The maximum Gasteiger partial charge on any atom is 0.333 e. The number of fused-ring (bicyclic) bond motifs is 2. The van der Waals surface area contributed by atoms with Crippen molar-refractivity contribution in [1.29, 1.82) is 0 Å². The van der Waals surface area contributed by atoms with E-state index in [1.54, 1.807) is 19.9 Å². The average molecular weight is 483 g/mol. The number of rotatable bonds is 4. The third kappa shape index (κ3) is 3.18. The van der Waals surface area contributed by atoms with Crippen LogP contribution in [0, 0.1) is 11.8 Å². The zero-order valence-corrected chi connectivity index (χ0v) is 20.9. The lowest BCUT2D eigenvalue weighted by molar-refractivity contribution is -0.148. The van der Waals surface area contributed by atoms with Crippen molar-refractivity contribution >= 4 is 11.8 Å². The van der Waals surface area contributed by atoms with E-state index >= 15 is 0 Å². The summed E-state index contributed by atoms with van der Waals surface area (Å²) in [6, 6.07) is 1.84. The lowest BCUT2D eigenvalue weighted by Gasteiger charge is -2.41. The minimum Gasteiger partial charge on any atom is -0.493 e. The molecule has 1 spiro atoms. The van der Waals surface area contributed by atoms with E-state index in [0.29, 0.717) is 46.1 Å². The number of hydrogen-bond donors (Lipinski definition) is 0. The molecule has 8 heteroatoms. The number of benzene rings is 1. The van der Waals surface area contributed by atoms with E-state index in [4.69, 9.17) is 28.4 Å². The van der Waals surface area contributed by atoms with Gasteiger partial charge < -0.3 is 28.4 Å². The molecule has 0 unspecified atom stereocenters. The Morgan fingerprint density at radius 3 is 2.60 bits per heavy atom. The fourth-order valence-electron chi connectivity index (χ4n) is 5.51. The van der Waals surface area contributed by atoms with Crippen molar-refractivity contribution in [2.24, 2.45) is 11.8 Å². The minimum absolute atomic E-state index is 0.0450. The maximum atomic E-state index is 14.2. The molecule has 2 heterocycles. The normalized spacial score (nSPS) is 28.9. The molecule has 0 amide bonds. The van der Waals surface area contributed by atoms with Crippen LogP contribution in [0.2, 0.25) is 0 Å². The summed E-state index contributed by atoms with van der Waals surface area (Å²) in [5, 5.41) is 0. The van der Waals surface area contributed by atoms with E-state index < -0.39 is 17.5 Å². The van der Waals surface area contributed by atoms with Gasteiger partial charge in [0.15, 0.2) is 17.3 Å². The summed E-state index contributed by atoms with van der Waals surface area (Å²) in [6.07, 6.45) is 3.58. The summed E-state index contributed by atoms with van der Waals surface area (Å²) in [5.41, 5.74) is 1.59. The Bertz CT molecular complexity index is 1210. The van der Waals surface area contributed by atoms with E-state index in [2.05, 4.69) is 13.8 Å². The number of allylic oxidation sites excluding steroid dienone is 3. The Hall–Kier alpha value is -3.42. The van der Waals surface area contributed by atoms with Crippen molar-refractivity contribution in [2.75, 3.05) is 27.6 Å². The molecule has 186 valence electrons. The lowest BCUT2D eigenvalue weighted by Crippen LogP contribution is -2.46. The molecule has 2 aliphatic carbocycles. The Morgan fingerprint density at radius 1 is 1.14 bits per heavy atom. The van der Waals surface area contributed by atoms with Crippen LogP contribution in [-0.2, 0) is 29.2 Å². The first kappa shape index (κ1) is 23.3. The zero-order chi connectivity index (χ0) is 25.1. The molecule has 0 saturated carbocycles. The molecule has 1 aromatic carbocycles. The predicted octanol–water partition coefficient (Wildman–Crippen LogP) is 4.29. The molecule has 0 saturated heterocycles. The van der Waals surface area contributed by atoms with E-state index in [0.717, 1.165) is 5.57 Å². The van der Waals surface area contributed by atoms with Crippen molar-refractivity contribution in [3.8, 4) is 17.2 Å². The average Bonchev–Trinajstić information content (AvgIpc) is 3.48. The number of carbonyl (C=O) groups is 2. The molecular weight excluding hydrogens is 452 g/mol. The number of esters is 1. The topological polar surface area (TPSA) is 89.5 Å². The van der Waals surface area contributed by atoms with Crippen molar-refractivity contribution in [3.63, 3.8) is 0 Å². The van der Waals surface area contributed by atoms with Gasteiger partial charge in [-0.3, -0.25) is 4.79 Å². The first-order valence-corrected chi connectivity index (χ1v) is 11.8. The number of Topliss-reactive ketones (excluding diaryl/α,β-unsaturated/α-hetero) is 1. The van der Waals surface area contributed by atoms with Gasteiger partial charge >= 0.3 is 5.97 Å². The largest absolute Gasteiger partial charge is 0.493 e. The Balaban J connectivity index is 1.80. The summed E-state index contributed by atoms with van der Waals surface area (Å²) in [7, 11) is 2.98. The van der Waals surface area contributed by atoms with E-state index in [9.17, 15) is 9.59 Å². The van der Waals surface area contributed by atoms with Gasteiger partial charge in [-0.1, -0.05) is 19.9 Å². The van der Waals surface area contributed by atoms with Crippen LogP contribution in [0.3, 0.4) is 0 Å². The van der Waals surface area contributed by atoms with Crippen LogP contribution in [0.5, 0.6) is 17.2 Å². The highest BCUT2D eigenvalue weighted by Gasteiger charge is 2.59. The van der Waals surface area contributed by atoms with Crippen LogP contribution in [0.1, 0.15) is 51.3 Å². The summed E-state index contributed by atoms with van der Waals surface area (Å²) < 4.78 is 34.9. The fourth-order valence-corrected chi connectivity index (χ4v) is 5.51. The number of ketones is 1. The molecule has 0 bridgehead atoms. The van der Waals surface area contributed by atoms with Crippen molar-refractivity contribution < 1.29 is 38.0 Å². The molecular formula is C27H30O8. The van der Waals surface area contributed by atoms with Gasteiger partial charge in [-0.15, -0.1) is 0 Å². The van der Waals surface area contributed by atoms with E-state index in [1.165, 1.54) is 14.2 Å². The van der Waals surface area contributed by atoms with Crippen LogP contribution >= 0.6 is 0 Å². The second-order valence-corrected chi connectivity index (χ2v) is 9.54. The molecule has 0 aromatic heterocycles. The van der Waals surface area contributed by atoms with Gasteiger partial charge in [0, 0.05) is 22.6 Å². The van der Waals surface area contributed by atoms with Gasteiger partial charge in [0.2, 0.25) is 24.1 Å². The van der Waals surface area contributed by atoms with Gasteiger partial charge in [-0.2, -0.15) is 0 Å². The summed E-state index contributed by atoms with van der Waals surface area (Å²) >= 11 is 0. The van der Waals surface area contributed by atoms with Crippen LogP contribution in [-0.4, -0.2) is 39.4 Å². The monoisotopic (exact) mass is 482 g/mol. The van der Waals surface area contributed by atoms with Crippen LogP contribution in [0.25, 0.3) is 0 Å². The van der Waals surface area contributed by atoms with Crippen LogP contribution in [0.4, 0.5) is 0 Å². The predicted molar refractivity (Wildman–Crippen MR) is 125 cm³/mol. The molecule has 0 radical (unpaired) electrons. The Kier molecular flexibility index (Phi) is 5.57. The van der Waals surface area contributed by atoms with Crippen LogP contribution in [0.15, 0.2) is 40.9 Å². The quantitative estimate of drug-likeness (QED) is 0.464. The van der Waals surface area contributed by atoms with Gasteiger partial charge in [-0.05, 0) is 43.9 Å². The molecule has 1 aromatic rings. The van der Waals surface area contributed by atoms with E-state index in [-0.39, 0.29) is 36.8 Å². The molecule has 0 N–H and O–H groups in total. The maximum absolute atomic E-state index is 14.2. The first-order valence-electron chi connectivity index (χ1n) is 11.8. The number of methoxy groups -OCH3 is 2. The molecule has 4 atom stereocenters. The second-order valence-electron chi connectivity index (χ2n) is 9.54. The SMILES string of the molecule is CC=C(C)C(=O)O[C@H]1c2cc3c(c4c2[C@]2(CO4)C(=O)C(OC)=C(OC)C=C2C[C@@H](C)[C@H]1C)OCO3. The lowest BCUT2D eigenvalue weighted by atomic mass is 9.62. The zero-order valence-electron chi connectivity index (χ0n) is 20.9. The number of ether oxygens (including phenoxy) is 6. The highest BCUT2D eigenvalue weighted by molar-refractivity contribution is 6.08. The number of hydrogen-bond acceptors (Lipinski definition) is 8. The molecule has 5 rings (SSSR count). The summed E-state index contributed by atoms with van der Waals surface area (Å²) in [6.45, 7) is 7.81. The summed E-state index contributed by atoms with van der Waals surface area (Å²) in [5.74, 6) is 1.30. The fraction of sp³-hybridized carbons (Fsp3) is 0.481. The highest BCUT2D eigenvalue weighted by atomic mass is 16.7. The van der Waals surface area contributed by atoms with Gasteiger partial charge in [0.25, 0.3) is 0 Å². The first-order chi connectivity index (χ1) is 16.8. The smallest absolute Gasteiger partial charge is 0.333 e. The minimum atomic E-state index is -1.15. The highest BCUT2D eigenvalue weighted by Crippen LogP contribution is 2.61. The molecule has 0 fully saturated rings. The molecule has 35 heavy (non-hydrogen) atoms. The standard InChI is InChI=1S/C27H30O8/c1-7-13(2)26(29)35-21-15(4)14(3)8-16-9-18(30-5)23(31-6)25(28)27(16)11-32-24-20(27)17(21)10-19-22(24)34-12-33-19/h7,9-10,14-15,21H,8,11-12H2,1-6H3/t14-,15-,21-,27-/m1/s1. The van der Waals surface area contributed by atoms with E-state index in [1.807, 2.05) is 12.1 Å². The Labute approximate surface area is 204 Å². The van der Waals surface area contributed by atoms with Crippen molar-refractivity contribution in [3.05, 3.63) is 52.0 Å². The third-order valence-electron chi connectivity index (χ3n) is 7.82. The second kappa shape index (κ2) is 8.36. The van der Waals surface area contributed by atoms with Gasteiger partial charge in [0.05, 0.1) is 14.2 Å². The molecule has 8 nitrogen and oxygen atoms in total. The summed E-state index contributed by atoms with van der Waals surface area (Å²) in [4.78, 5) is 27.1. The Morgan fingerprint density at radius 2 is 1.91 bits per heavy atom. The van der Waals surface area contributed by atoms with Crippen LogP contribution < -0.4 is 14.2 Å². The van der Waals surface area contributed by atoms with Crippen molar-refractivity contribution in [1.82, 2.24) is 0 Å². The molecule has 4 aliphatic rings. The molecule has 2 aliphatic heterocycles. The van der Waals surface area contributed by atoms with Gasteiger partial charge in [-0.25, -0.2) is 4.79 Å². The number of carbonyl (C=O) groups excluding carboxylic acids is 2.